The number of benzene rings is 1. The number of fused-ring (bicyclic) bond motifs is 1. The lowest BCUT2D eigenvalue weighted by Gasteiger charge is -1.99. The molecule has 0 radical (unpaired) electrons. The zero-order valence-corrected chi connectivity index (χ0v) is 9.92. The largest absolute Gasteiger partial charge is 0.396 e. The second-order valence-corrected chi connectivity index (χ2v) is 4.10. The van der Waals surface area contributed by atoms with E-state index in [1.54, 1.807) is 6.20 Å². The minimum Gasteiger partial charge on any atom is -0.396 e. The number of H-pyrrole nitrogens is 1. The first kappa shape index (κ1) is 11.2. The van der Waals surface area contributed by atoms with Crippen LogP contribution < -0.4 is 11.5 Å². The van der Waals surface area contributed by atoms with Gasteiger partial charge in [-0.2, -0.15) is 0 Å². The van der Waals surface area contributed by atoms with Crippen LogP contribution in [0.3, 0.4) is 0 Å². The SMILES string of the molecule is NC(=O)c1[nH]c2nc(-c3ccccc3)ncc2c1N. The third kappa shape index (κ3) is 1.79. The molecule has 6 heteroatoms. The fourth-order valence-electron chi connectivity index (χ4n) is 1.92. The number of rotatable bonds is 2. The molecule has 0 aliphatic rings. The molecule has 2 heterocycles. The number of nitrogen functional groups attached to an aromatic ring is 1. The van der Waals surface area contributed by atoms with Gasteiger partial charge in [-0.25, -0.2) is 9.97 Å². The van der Waals surface area contributed by atoms with Gasteiger partial charge in [-0.3, -0.25) is 4.79 Å². The topological polar surface area (TPSA) is 111 Å². The van der Waals surface area contributed by atoms with Gasteiger partial charge in [0.05, 0.1) is 11.1 Å². The van der Waals surface area contributed by atoms with Crippen molar-refractivity contribution in [3.05, 3.63) is 42.2 Å². The zero-order chi connectivity index (χ0) is 13.4. The van der Waals surface area contributed by atoms with E-state index in [1.807, 2.05) is 30.3 Å². The van der Waals surface area contributed by atoms with Gasteiger partial charge in [-0.05, 0) is 0 Å². The molecule has 0 bridgehead atoms. The van der Waals surface area contributed by atoms with Crippen molar-refractivity contribution in [3.8, 4) is 11.4 Å². The van der Waals surface area contributed by atoms with Gasteiger partial charge in [0.1, 0.15) is 11.3 Å². The van der Waals surface area contributed by atoms with Crippen LogP contribution in [-0.4, -0.2) is 20.9 Å². The maximum atomic E-state index is 11.2. The molecular formula is C13H11N5O. The molecule has 0 saturated carbocycles. The molecule has 0 spiro atoms. The number of amides is 1. The normalized spacial score (nSPS) is 10.7. The van der Waals surface area contributed by atoms with Crippen molar-refractivity contribution in [1.82, 2.24) is 15.0 Å². The van der Waals surface area contributed by atoms with Crippen LogP contribution >= 0.6 is 0 Å². The molecule has 19 heavy (non-hydrogen) atoms. The molecule has 1 amide bonds. The Bertz CT molecular complexity index is 763. The minimum absolute atomic E-state index is 0.162. The Balaban J connectivity index is 2.19. The zero-order valence-electron chi connectivity index (χ0n) is 9.92. The Hall–Kier alpha value is -2.89. The molecule has 94 valence electrons. The van der Waals surface area contributed by atoms with Crippen LogP contribution in [0.5, 0.6) is 0 Å². The van der Waals surface area contributed by atoms with Crippen LogP contribution in [-0.2, 0) is 0 Å². The van der Waals surface area contributed by atoms with Crippen LogP contribution in [0.15, 0.2) is 36.5 Å². The Morgan fingerprint density at radius 2 is 1.95 bits per heavy atom. The molecule has 0 fully saturated rings. The molecule has 0 aliphatic carbocycles. The molecule has 5 N–H and O–H groups in total. The average molecular weight is 253 g/mol. The molecule has 0 saturated heterocycles. The summed E-state index contributed by atoms with van der Waals surface area (Å²) < 4.78 is 0. The van der Waals surface area contributed by atoms with E-state index in [0.717, 1.165) is 5.56 Å². The molecule has 0 unspecified atom stereocenters. The van der Waals surface area contributed by atoms with Crippen LogP contribution in [0.1, 0.15) is 10.5 Å². The van der Waals surface area contributed by atoms with Gasteiger partial charge in [0, 0.05) is 11.8 Å². The summed E-state index contributed by atoms with van der Waals surface area (Å²) in [6.45, 7) is 0. The first-order valence-corrected chi connectivity index (χ1v) is 5.66. The van der Waals surface area contributed by atoms with Gasteiger partial charge < -0.3 is 16.5 Å². The van der Waals surface area contributed by atoms with Crippen LogP contribution in [0.25, 0.3) is 22.4 Å². The number of hydrogen-bond donors (Lipinski definition) is 3. The van der Waals surface area contributed by atoms with Gasteiger partial charge in [-0.1, -0.05) is 30.3 Å². The molecule has 3 rings (SSSR count). The first-order chi connectivity index (χ1) is 9.16. The van der Waals surface area contributed by atoms with Crippen molar-refractivity contribution in [2.45, 2.75) is 0 Å². The van der Waals surface area contributed by atoms with Crippen molar-refractivity contribution in [3.63, 3.8) is 0 Å². The summed E-state index contributed by atoms with van der Waals surface area (Å²) in [7, 11) is 0. The molecule has 0 atom stereocenters. The lowest BCUT2D eigenvalue weighted by molar-refractivity contribution is 0.0997. The highest BCUT2D eigenvalue weighted by atomic mass is 16.1. The van der Waals surface area contributed by atoms with Gasteiger partial charge in [0.2, 0.25) is 0 Å². The number of nitrogens with two attached hydrogens (primary N) is 2. The van der Waals surface area contributed by atoms with E-state index in [4.69, 9.17) is 11.5 Å². The van der Waals surface area contributed by atoms with E-state index in [1.165, 1.54) is 0 Å². The summed E-state index contributed by atoms with van der Waals surface area (Å²) in [5, 5.41) is 0.591. The second-order valence-electron chi connectivity index (χ2n) is 4.10. The molecule has 3 aromatic rings. The van der Waals surface area contributed by atoms with Crippen molar-refractivity contribution in [2.75, 3.05) is 5.73 Å². The third-order valence-corrected chi connectivity index (χ3v) is 2.87. The Kier molecular flexibility index (Phi) is 2.42. The van der Waals surface area contributed by atoms with Crippen molar-refractivity contribution in [1.29, 1.82) is 0 Å². The number of hydrogen-bond acceptors (Lipinski definition) is 4. The van der Waals surface area contributed by atoms with E-state index < -0.39 is 5.91 Å². The standard InChI is InChI=1S/C13H11N5O/c14-9-8-6-16-12(7-4-2-1-3-5-7)18-13(8)17-10(9)11(15)19/h1-6H,14H2,(H2,15,19)(H,16,17,18). The fraction of sp³-hybridized carbons (Fsp3) is 0. The van der Waals surface area contributed by atoms with Gasteiger partial charge in [0.25, 0.3) is 5.91 Å². The summed E-state index contributed by atoms with van der Waals surface area (Å²) in [5.41, 5.74) is 12.9. The highest BCUT2D eigenvalue weighted by molar-refractivity contribution is 6.05. The number of nitrogens with one attached hydrogen (secondary N) is 1. The number of carbonyl (C=O) groups excluding carboxylic acids is 1. The number of aromatic nitrogens is 3. The molecule has 1 aromatic carbocycles. The van der Waals surface area contributed by atoms with Crippen LogP contribution in [0.4, 0.5) is 5.69 Å². The highest BCUT2D eigenvalue weighted by Crippen LogP contribution is 2.24. The Labute approximate surface area is 108 Å². The maximum Gasteiger partial charge on any atom is 0.267 e. The molecule has 6 nitrogen and oxygen atoms in total. The summed E-state index contributed by atoms with van der Waals surface area (Å²) in [4.78, 5) is 22.6. The molecule has 2 aromatic heterocycles. The van der Waals surface area contributed by atoms with Crippen molar-refractivity contribution < 1.29 is 4.79 Å². The summed E-state index contributed by atoms with van der Waals surface area (Å²) in [6, 6.07) is 9.53. The van der Waals surface area contributed by atoms with E-state index in [9.17, 15) is 4.79 Å². The monoisotopic (exact) mass is 253 g/mol. The Morgan fingerprint density at radius 1 is 1.21 bits per heavy atom. The number of nitrogens with zero attached hydrogens (tertiary/aromatic N) is 2. The first-order valence-electron chi connectivity index (χ1n) is 5.66. The number of aromatic amines is 1. The minimum atomic E-state index is -0.614. The van der Waals surface area contributed by atoms with Gasteiger partial charge in [-0.15, -0.1) is 0 Å². The van der Waals surface area contributed by atoms with E-state index in [0.29, 0.717) is 16.9 Å². The number of anilines is 1. The predicted octanol–water partition coefficient (Wildman–Crippen LogP) is 1.31. The van der Waals surface area contributed by atoms with Gasteiger partial charge in [0.15, 0.2) is 5.82 Å². The highest BCUT2D eigenvalue weighted by Gasteiger charge is 2.14. The summed E-state index contributed by atoms with van der Waals surface area (Å²) in [5.74, 6) is -0.0536. The van der Waals surface area contributed by atoms with Crippen LogP contribution in [0, 0.1) is 0 Å². The maximum absolute atomic E-state index is 11.2. The lowest BCUT2D eigenvalue weighted by atomic mass is 10.2. The average Bonchev–Trinajstić information content (AvgIpc) is 2.77. The van der Waals surface area contributed by atoms with Crippen molar-refractivity contribution >= 4 is 22.6 Å². The predicted molar refractivity (Wildman–Crippen MR) is 72.3 cm³/mol. The van der Waals surface area contributed by atoms with Crippen molar-refractivity contribution in [2.24, 2.45) is 5.73 Å². The number of carbonyl (C=O) groups is 1. The van der Waals surface area contributed by atoms with Crippen LogP contribution in [0.2, 0.25) is 0 Å². The lowest BCUT2D eigenvalue weighted by Crippen LogP contribution is -2.13. The van der Waals surface area contributed by atoms with E-state index in [-0.39, 0.29) is 11.4 Å². The summed E-state index contributed by atoms with van der Waals surface area (Å²) in [6.07, 6.45) is 1.59. The van der Waals surface area contributed by atoms with E-state index in [2.05, 4.69) is 15.0 Å². The quantitative estimate of drug-likeness (QED) is 0.639. The summed E-state index contributed by atoms with van der Waals surface area (Å²) >= 11 is 0. The molecule has 0 aliphatic heterocycles. The van der Waals surface area contributed by atoms with E-state index >= 15 is 0 Å². The van der Waals surface area contributed by atoms with Gasteiger partial charge >= 0.3 is 0 Å². The smallest absolute Gasteiger partial charge is 0.267 e. The number of primary amides is 1. The third-order valence-electron chi connectivity index (χ3n) is 2.87. The molecular weight excluding hydrogens is 242 g/mol. The fourth-order valence-corrected chi connectivity index (χ4v) is 1.92. The Morgan fingerprint density at radius 3 is 2.63 bits per heavy atom. The second kappa shape index (κ2) is 4.09.